The molecule has 90 valence electrons. The van der Waals surface area contributed by atoms with Gasteiger partial charge in [0.2, 0.25) is 0 Å². The molecule has 0 radical (unpaired) electrons. The van der Waals surface area contributed by atoms with E-state index in [4.69, 9.17) is 10.00 Å². The summed E-state index contributed by atoms with van der Waals surface area (Å²) >= 11 is 0. The van der Waals surface area contributed by atoms with Gasteiger partial charge in [-0.3, -0.25) is 0 Å². The zero-order valence-electron chi connectivity index (χ0n) is 10.2. The van der Waals surface area contributed by atoms with Crippen molar-refractivity contribution in [2.75, 3.05) is 0 Å². The molecule has 0 amide bonds. The number of nitriles is 1. The van der Waals surface area contributed by atoms with Crippen molar-refractivity contribution in [3.05, 3.63) is 72.3 Å². The summed E-state index contributed by atoms with van der Waals surface area (Å²) in [6.45, 7) is 0. The van der Waals surface area contributed by atoms with Crippen LogP contribution in [0.2, 0.25) is 0 Å². The molecule has 0 fully saturated rings. The average molecular weight is 245 g/mol. The first-order valence-corrected chi connectivity index (χ1v) is 6.02. The van der Waals surface area contributed by atoms with E-state index in [0.29, 0.717) is 11.3 Å². The predicted molar refractivity (Wildman–Crippen MR) is 75.2 cm³/mol. The fourth-order valence-corrected chi connectivity index (χ4v) is 2.04. The maximum Gasteiger partial charge on any atom is 0.135 e. The molecule has 0 saturated carbocycles. The Kier molecular flexibility index (Phi) is 2.88. The van der Waals surface area contributed by atoms with Gasteiger partial charge in [0.15, 0.2) is 0 Å². The van der Waals surface area contributed by atoms with Crippen LogP contribution in [0.15, 0.2) is 66.7 Å². The highest BCUT2D eigenvalue weighted by molar-refractivity contribution is 5.88. The number of rotatable bonds is 2. The first-order valence-electron chi connectivity index (χ1n) is 6.02. The standard InChI is InChI=1S/C17H11NO/c18-12-13-5-3-8-15(11-13)19-17-10-4-7-14-6-1-2-9-16(14)17/h1-11H. The molecule has 2 heteroatoms. The Morgan fingerprint density at radius 1 is 0.842 bits per heavy atom. The molecule has 0 spiro atoms. The van der Waals surface area contributed by atoms with E-state index < -0.39 is 0 Å². The summed E-state index contributed by atoms with van der Waals surface area (Å²) in [4.78, 5) is 0. The van der Waals surface area contributed by atoms with Crippen molar-refractivity contribution in [3.8, 4) is 17.6 Å². The third-order valence-corrected chi connectivity index (χ3v) is 2.94. The highest BCUT2D eigenvalue weighted by atomic mass is 16.5. The summed E-state index contributed by atoms with van der Waals surface area (Å²) in [7, 11) is 0. The van der Waals surface area contributed by atoms with Gasteiger partial charge in [-0.05, 0) is 29.7 Å². The van der Waals surface area contributed by atoms with Crippen molar-refractivity contribution in [1.29, 1.82) is 5.26 Å². The second-order valence-corrected chi connectivity index (χ2v) is 4.22. The van der Waals surface area contributed by atoms with Crippen LogP contribution >= 0.6 is 0 Å². The number of hydrogen-bond donors (Lipinski definition) is 0. The van der Waals surface area contributed by atoms with Gasteiger partial charge >= 0.3 is 0 Å². The van der Waals surface area contributed by atoms with Crippen molar-refractivity contribution in [1.82, 2.24) is 0 Å². The fraction of sp³-hybridized carbons (Fsp3) is 0. The molecular weight excluding hydrogens is 234 g/mol. The Bertz CT molecular complexity index is 766. The van der Waals surface area contributed by atoms with E-state index in [-0.39, 0.29) is 0 Å². The number of benzene rings is 3. The van der Waals surface area contributed by atoms with Gasteiger partial charge in [-0.25, -0.2) is 0 Å². The molecule has 0 saturated heterocycles. The lowest BCUT2D eigenvalue weighted by Crippen LogP contribution is -1.86. The highest BCUT2D eigenvalue weighted by Crippen LogP contribution is 2.29. The van der Waals surface area contributed by atoms with Crippen molar-refractivity contribution in [2.45, 2.75) is 0 Å². The van der Waals surface area contributed by atoms with Crippen LogP contribution < -0.4 is 4.74 Å². The summed E-state index contributed by atoms with van der Waals surface area (Å²) in [5.74, 6) is 1.48. The van der Waals surface area contributed by atoms with E-state index in [2.05, 4.69) is 6.07 Å². The number of hydrogen-bond acceptors (Lipinski definition) is 2. The van der Waals surface area contributed by atoms with Gasteiger partial charge in [0.25, 0.3) is 0 Å². The van der Waals surface area contributed by atoms with Crippen LogP contribution in [0, 0.1) is 11.3 Å². The molecule has 19 heavy (non-hydrogen) atoms. The quantitative estimate of drug-likeness (QED) is 0.665. The second kappa shape index (κ2) is 4.83. The van der Waals surface area contributed by atoms with Crippen LogP contribution in [-0.4, -0.2) is 0 Å². The minimum absolute atomic E-state index is 0.595. The first-order chi connectivity index (χ1) is 9.36. The Morgan fingerprint density at radius 3 is 2.53 bits per heavy atom. The van der Waals surface area contributed by atoms with Gasteiger partial charge in [0, 0.05) is 5.39 Å². The van der Waals surface area contributed by atoms with Crippen molar-refractivity contribution < 1.29 is 4.74 Å². The van der Waals surface area contributed by atoms with Gasteiger partial charge in [0.1, 0.15) is 11.5 Å². The maximum atomic E-state index is 8.89. The van der Waals surface area contributed by atoms with Crippen LogP contribution in [0.5, 0.6) is 11.5 Å². The monoisotopic (exact) mass is 245 g/mol. The normalized spacial score (nSPS) is 10.1. The van der Waals surface area contributed by atoms with E-state index in [1.807, 2.05) is 54.6 Å². The molecule has 0 N–H and O–H groups in total. The van der Waals surface area contributed by atoms with Gasteiger partial charge in [-0.2, -0.15) is 5.26 Å². The summed E-state index contributed by atoms with van der Waals surface area (Å²) in [5.41, 5.74) is 0.595. The van der Waals surface area contributed by atoms with Crippen molar-refractivity contribution in [3.63, 3.8) is 0 Å². The number of ether oxygens (including phenoxy) is 1. The topological polar surface area (TPSA) is 33.0 Å². The SMILES string of the molecule is N#Cc1cccc(Oc2cccc3ccccc23)c1. The molecule has 0 unspecified atom stereocenters. The molecule has 2 nitrogen and oxygen atoms in total. The predicted octanol–water partition coefficient (Wildman–Crippen LogP) is 4.50. The first kappa shape index (κ1) is 11.3. The largest absolute Gasteiger partial charge is 0.457 e. The smallest absolute Gasteiger partial charge is 0.135 e. The van der Waals surface area contributed by atoms with E-state index in [0.717, 1.165) is 16.5 Å². The van der Waals surface area contributed by atoms with E-state index in [9.17, 15) is 0 Å². The van der Waals surface area contributed by atoms with E-state index in [1.54, 1.807) is 12.1 Å². The Morgan fingerprint density at radius 2 is 1.63 bits per heavy atom. The van der Waals surface area contributed by atoms with Crippen molar-refractivity contribution >= 4 is 10.8 Å². The van der Waals surface area contributed by atoms with Crippen LogP contribution in [0.3, 0.4) is 0 Å². The second-order valence-electron chi connectivity index (χ2n) is 4.22. The van der Waals surface area contributed by atoms with Crippen LogP contribution in [0.1, 0.15) is 5.56 Å². The van der Waals surface area contributed by atoms with Gasteiger partial charge < -0.3 is 4.74 Å². The minimum atomic E-state index is 0.595. The zero-order chi connectivity index (χ0) is 13.1. The average Bonchev–Trinajstić information content (AvgIpc) is 2.48. The molecule has 0 aliphatic rings. The van der Waals surface area contributed by atoms with E-state index in [1.165, 1.54) is 0 Å². The Balaban J connectivity index is 2.04. The molecule has 0 aliphatic carbocycles. The maximum absolute atomic E-state index is 8.89. The lowest BCUT2D eigenvalue weighted by atomic mass is 10.1. The highest BCUT2D eigenvalue weighted by Gasteiger charge is 2.03. The Labute approximate surface area is 111 Å². The molecule has 0 aliphatic heterocycles. The summed E-state index contributed by atoms with van der Waals surface area (Å²) in [5, 5.41) is 11.1. The summed E-state index contributed by atoms with van der Waals surface area (Å²) < 4.78 is 5.88. The van der Waals surface area contributed by atoms with Gasteiger partial charge in [-0.1, -0.05) is 42.5 Å². The molecular formula is C17H11NO. The lowest BCUT2D eigenvalue weighted by Gasteiger charge is -2.08. The number of nitrogens with zero attached hydrogens (tertiary/aromatic N) is 1. The molecule has 3 aromatic rings. The minimum Gasteiger partial charge on any atom is -0.457 e. The third kappa shape index (κ3) is 2.27. The number of fused-ring (bicyclic) bond motifs is 1. The summed E-state index contributed by atoms with van der Waals surface area (Å²) in [6.07, 6.45) is 0. The molecule has 3 rings (SSSR count). The molecule has 3 aromatic carbocycles. The van der Waals surface area contributed by atoms with Gasteiger partial charge in [-0.15, -0.1) is 0 Å². The van der Waals surface area contributed by atoms with Gasteiger partial charge in [0.05, 0.1) is 11.6 Å². The Hall–Kier alpha value is -2.79. The summed E-state index contributed by atoms with van der Waals surface area (Å²) in [6, 6.07) is 23.3. The van der Waals surface area contributed by atoms with E-state index >= 15 is 0 Å². The fourth-order valence-electron chi connectivity index (χ4n) is 2.04. The zero-order valence-corrected chi connectivity index (χ0v) is 10.2. The van der Waals surface area contributed by atoms with Crippen LogP contribution in [-0.2, 0) is 0 Å². The van der Waals surface area contributed by atoms with Crippen LogP contribution in [0.4, 0.5) is 0 Å². The third-order valence-electron chi connectivity index (χ3n) is 2.94. The molecule has 0 aromatic heterocycles. The molecule has 0 atom stereocenters. The van der Waals surface area contributed by atoms with Crippen molar-refractivity contribution in [2.24, 2.45) is 0 Å². The molecule has 0 bridgehead atoms. The van der Waals surface area contributed by atoms with Crippen LogP contribution in [0.25, 0.3) is 10.8 Å². The lowest BCUT2D eigenvalue weighted by molar-refractivity contribution is 0.488. The molecule has 0 heterocycles.